The molecule has 1 fully saturated rings. The Morgan fingerprint density at radius 2 is 2.08 bits per heavy atom. The van der Waals surface area contributed by atoms with Crippen LogP contribution >= 0.6 is 0 Å². The Balaban J connectivity index is 2.02. The Kier molecular flexibility index (Phi) is 3.93. The second-order valence-corrected chi connectivity index (χ2v) is 3.71. The molecule has 1 N–H and O–H groups in total. The zero-order valence-corrected chi connectivity index (χ0v) is 8.14. The van der Waals surface area contributed by atoms with Crippen molar-refractivity contribution in [1.82, 2.24) is 5.32 Å². The van der Waals surface area contributed by atoms with Gasteiger partial charge in [-0.05, 0) is 25.2 Å². The van der Waals surface area contributed by atoms with E-state index in [1.54, 1.807) is 0 Å². The normalized spacial score (nSPS) is 15.5. The zero-order valence-electron chi connectivity index (χ0n) is 8.14. The lowest BCUT2D eigenvalue weighted by atomic mass is 10.2. The third-order valence-corrected chi connectivity index (χ3v) is 2.18. The van der Waals surface area contributed by atoms with Crippen molar-refractivity contribution in [3.05, 3.63) is 0 Å². The van der Waals surface area contributed by atoms with E-state index in [-0.39, 0.29) is 18.2 Å². The molecule has 0 spiro atoms. The van der Waals surface area contributed by atoms with Gasteiger partial charge in [-0.25, -0.2) is 0 Å². The van der Waals surface area contributed by atoms with Gasteiger partial charge in [0, 0.05) is 12.8 Å². The van der Waals surface area contributed by atoms with Gasteiger partial charge in [-0.2, -0.15) is 0 Å². The second kappa shape index (κ2) is 5.00. The van der Waals surface area contributed by atoms with Crippen LogP contribution in [0.15, 0.2) is 0 Å². The predicted molar refractivity (Wildman–Crippen MR) is 50.3 cm³/mol. The highest BCUT2D eigenvalue weighted by atomic mass is 16.2. The molecule has 0 atom stereocenters. The molecular weight excluding hydrogens is 166 g/mol. The third kappa shape index (κ3) is 4.65. The first-order chi connectivity index (χ1) is 6.22. The van der Waals surface area contributed by atoms with Gasteiger partial charge in [-0.3, -0.25) is 9.59 Å². The number of hydrogen-bond acceptors (Lipinski definition) is 2. The van der Waals surface area contributed by atoms with E-state index in [1.807, 2.05) is 6.92 Å². The number of nitrogens with one attached hydrogen (secondary N) is 1. The summed E-state index contributed by atoms with van der Waals surface area (Å²) in [7, 11) is 0. The fraction of sp³-hybridized carbons (Fsp3) is 0.800. The maximum atomic E-state index is 11.1. The quantitative estimate of drug-likeness (QED) is 0.674. The molecule has 1 aliphatic carbocycles. The molecule has 0 heterocycles. The predicted octanol–water partition coefficient (Wildman–Crippen LogP) is 1.27. The Morgan fingerprint density at radius 1 is 1.38 bits per heavy atom. The van der Waals surface area contributed by atoms with Crippen molar-refractivity contribution in [2.24, 2.45) is 5.92 Å². The van der Waals surface area contributed by atoms with Gasteiger partial charge in [0.2, 0.25) is 5.91 Å². The topological polar surface area (TPSA) is 46.2 Å². The molecule has 0 aromatic carbocycles. The zero-order chi connectivity index (χ0) is 9.68. The van der Waals surface area contributed by atoms with E-state index in [9.17, 15) is 9.59 Å². The van der Waals surface area contributed by atoms with E-state index in [0.717, 1.165) is 6.42 Å². The summed E-state index contributed by atoms with van der Waals surface area (Å²) < 4.78 is 0. The number of Topliss-reactive ketones (excluding diaryl/α,β-unsaturated/α-hetero) is 1. The number of carbonyl (C=O) groups is 2. The number of rotatable bonds is 6. The van der Waals surface area contributed by atoms with E-state index in [0.29, 0.717) is 18.8 Å². The van der Waals surface area contributed by atoms with E-state index in [1.165, 1.54) is 12.8 Å². The van der Waals surface area contributed by atoms with Gasteiger partial charge < -0.3 is 5.32 Å². The van der Waals surface area contributed by atoms with Gasteiger partial charge in [-0.15, -0.1) is 0 Å². The molecule has 0 radical (unpaired) electrons. The van der Waals surface area contributed by atoms with Crippen LogP contribution in [0.3, 0.4) is 0 Å². The Bertz CT molecular complexity index is 197. The van der Waals surface area contributed by atoms with Crippen LogP contribution in [0, 0.1) is 5.92 Å². The Hall–Kier alpha value is -0.860. The molecule has 3 heteroatoms. The van der Waals surface area contributed by atoms with Gasteiger partial charge in [0.1, 0.15) is 0 Å². The summed E-state index contributed by atoms with van der Waals surface area (Å²) in [5.41, 5.74) is 0. The van der Waals surface area contributed by atoms with Crippen molar-refractivity contribution in [3.8, 4) is 0 Å². The molecule has 0 aromatic heterocycles. The molecule has 74 valence electrons. The third-order valence-electron chi connectivity index (χ3n) is 2.18. The second-order valence-electron chi connectivity index (χ2n) is 3.71. The first-order valence-corrected chi connectivity index (χ1v) is 5.00. The molecule has 1 aliphatic rings. The SMILES string of the molecule is CCCC(=O)CNC(=O)CC1CC1. The van der Waals surface area contributed by atoms with Crippen LogP contribution in [0.4, 0.5) is 0 Å². The average Bonchev–Trinajstić information content (AvgIpc) is 2.85. The number of amides is 1. The lowest BCUT2D eigenvalue weighted by molar-refractivity contribution is -0.125. The molecule has 1 amide bonds. The lowest BCUT2D eigenvalue weighted by Gasteiger charge is -2.02. The monoisotopic (exact) mass is 183 g/mol. The smallest absolute Gasteiger partial charge is 0.220 e. The standard InChI is InChI=1S/C10H17NO2/c1-2-3-9(12)7-11-10(13)6-8-4-5-8/h8H,2-7H2,1H3,(H,11,13). The molecule has 0 unspecified atom stereocenters. The molecule has 13 heavy (non-hydrogen) atoms. The molecule has 3 nitrogen and oxygen atoms in total. The average molecular weight is 183 g/mol. The minimum atomic E-state index is 0.0342. The van der Waals surface area contributed by atoms with Crippen LogP contribution in [0.25, 0.3) is 0 Å². The van der Waals surface area contributed by atoms with Crippen LogP contribution in [-0.2, 0) is 9.59 Å². The van der Waals surface area contributed by atoms with Crippen LogP contribution < -0.4 is 5.32 Å². The summed E-state index contributed by atoms with van der Waals surface area (Å²) in [6.45, 7) is 2.18. The number of carbonyl (C=O) groups excluding carboxylic acids is 2. The highest BCUT2D eigenvalue weighted by molar-refractivity contribution is 5.86. The van der Waals surface area contributed by atoms with Crippen molar-refractivity contribution in [2.45, 2.75) is 39.0 Å². The fourth-order valence-electron chi connectivity index (χ4n) is 1.22. The van der Waals surface area contributed by atoms with Gasteiger partial charge in [0.25, 0.3) is 0 Å². The van der Waals surface area contributed by atoms with Crippen molar-refractivity contribution >= 4 is 11.7 Å². The summed E-state index contributed by atoms with van der Waals surface area (Å²) in [5.74, 6) is 0.764. The molecule has 1 saturated carbocycles. The van der Waals surface area contributed by atoms with Crippen molar-refractivity contribution in [1.29, 1.82) is 0 Å². The van der Waals surface area contributed by atoms with Gasteiger partial charge in [0.15, 0.2) is 5.78 Å². The van der Waals surface area contributed by atoms with Crippen LogP contribution in [0.1, 0.15) is 39.0 Å². The summed E-state index contributed by atoms with van der Waals surface area (Å²) in [5, 5.41) is 2.65. The molecule has 0 saturated heterocycles. The lowest BCUT2D eigenvalue weighted by Crippen LogP contribution is -2.29. The molecule has 1 rings (SSSR count). The van der Waals surface area contributed by atoms with E-state index >= 15 is 0 Å². The fourth-order valence-corrected chi connectivity index (χ4v) is 1.22. The maximum Gasteiger partial charge on any atom is 0.220 e. The van der Waals surface area contributed by atoms with Gasteiger partial charge >= 0.3 is 0 Å². The van der Waals surface area contributed by atoms with Gasteiger partial charge in [-0.1, -0.05) is 6.92 Å². The summed E-state index contributed by atoms with van der Waals surface area (Å²) in [4.78, 5) is 22.2. The highest BCUT2D eigenvalue weighted by Crippen LogP contribution is 2.31. The van der Waals surface area contributed by atoms with Gasteiger partial charge in [0.05, 0.1) is 6.54 Å². The van der Waals surface area contributed by atoms with Crippen LogP contribution in [0.2, 0.25) is 0 Å². The van der Waals surface area contributed by atoms with E-state index in [2.05, 4.69) is 5.32 Å². The molecular formula is C10H17NO2. The van der Waals surface area contributed by atoms with Crippen molar-refractivity contribution in [3.63, 3.8) is 0 Å². The van der Waals surface area contributed by atoms with Crippen LogP contribution in [-0.4, -0.2) is 18.2 Å². The molecule has 0 aromatic rings. The van der Waals surface area contributed by atoms with Crippen molar-refractivity contribution in [2.75, 3.05) is 6.54 Å². The van der Waals surface area contributed by atoms with E-state index in [4.69, 9.17) is 0 Å². The Morgan fingerprint density at radius 3 is 2.62 bits per heavy atom. The first kappa shape index (κ1) is 10.2. The van der Waals surface area contributed by atoms with Crippen LogP contribution in [0.5, 0.6) is 0 Å². The summed E-state index contributed by atoms with van der Waals surface area (Å²) >= 11 is 0. The molecule has 0 aliphatic heterocycles. The first-order valence-electron chi connectivity index (χ1n) is 5.00. The Labute approximate surface area is 78.9 Å². The number of hydrogen-bond donors (Lipinski definition) is 1. The van der Waals surface area contributed by atoms with E-state index < -0.39 is 0 Å². The minimum Gasteiger partial charge on any atom is -0.349 e. The maximum absolute atomic E-state index is 11.1. The number of ketones is 1. The summed E-state index contributed by atoms with van der Waals surface area (Å²) in [6.07, 6.45) is 4.40. The largest absolute Gasteiger partial charge is 0.349 e. The molecule has 0 bridgehead atoms. The van der Waals surface area contributed by atoms with Crippen molar-refractivity contribution < 1.29 is 9.59 Å². The minimum absolute atomic E-state index is 0.0342. The summed E-state index contributed by atoms with van der Waals surface area (Å²) in [6, 6.07) is 0. The highest BCUT2D eigenvalue weighted by Gasteiger charge is 2.24.